The zero-order valence-electron chi connectivity index (χ0n) is 20.0. The summed E-state index contributed by atoms with van der Waals surface area (Å²) in [5, 5.41) is 21.4. The van der Waals surface area contributed by atoms with Crippen molar-refractivity contribution in [3.05, 3.63) is 108 Å². The predicted molar refractivity (Wildman–Crippen MR) is 132 cm³/mol. The van der Waals surface area contributed by atoms with Crippen molar-refractivity contribution in [1.29, 1.82) is 0 Å². The van der Waals surface area contributed by atoms with Crippen LogP contribution in [0.1, 0.15) is 16.7 Å². The van der Waals surface area contributed by atoms with Crippen LogP contribution in [-0.2, 0) is 43.5 Å². The van der Waals surface area contributed by atoms with Crippen LogP contribution in [0.3, 0.4) is 0 Å². The van der Waals surface area contributed by atoms with Crippen molar-refractivity contribution in [2.24, 2.45) is 0 Å². The fraction of sp³-hybridized carbons (Fsp3) is 0.379. The summed E-state index contributed by atoms with van der Waals surface area (Å²) in [6.07, 6.45) is -4.29. The molecule has 0 spiro atoms. The maximum absolute atomic E-state index is 11.2. The molecule has 0 aliphatic carbocycles. The van der Waals surface area contributed by atoms with Gasteiger partial charge in [0, 0.05) is 0 Å². The monoisotopic (exact) mass is 492 g/mol. The Kier molecular flexibility index (Phi) is 8.09. The maximum Gasteiger partial charge on any atom is 0.187 e. The van der Waals surface area contributed by atoms with Gasteiger partial charge in [0.05, 0.1) is 33.0 Å². The second-order valence-electron chi connectivity index (χ2n) is 9.20. The van der Waals surface area contributed by atoms with Crippen LogP contribution in [0.15, 0.2) is 91.0 Å². The standard InChI is InChI=1S/C29H32O7/c30-16-24-26(33-18-22-12-6-2-7-13-22)29(20-32-17-21-10-4-1-5-11-21)27(25(31)28(35-24)36-29)34-19-23-14-8-3-9-15-23/h1-15,24-28,30-31H,16-20H2/t24-,25-,26+,27-,28-,29-/m0/s1. The van der Waals surface area contributed by atoms with Gasteiger partial charge in [-0.2, -0.15) is 0 Å². The van der Waals surface area contributed by atoms with Gasteiger partial charge in [0.2, 0.25) is 0 Å². The normalized spacial score (nSPS) is 29.3. The van der Waals surface area contributed by atoms with E-state index in [4.69, 9.17) is 23.7 Å². The highest BCUT2D eigenvalue weighted by Crippen LogP contribution is 2.45. The Morgan fingerprint density at radius 1 is 0.694 bits per heavy atom. The van der Waals surface area contributed by atoms with Crippen molar-refractivity contribution in [1.82, 2.24) is 0 Å². The highest BCUT2D eigenvalue weighted by Gasteiger charge is 2.66. The lowest BCUT2D eigenvalue weighted by Gasteiger charge is -2.45. The highest BCUT2D eigenvalue weighted by atomic mass is 16.8. The molecular formula is C29H32O7. The van der Waals surface area contributed by atoms with Crippen molar-refractivity contribution in [3.63, 3.8) is 0 Å². The van der Waals surface area contributed by atoms with E-state index in [0.717, 1.165) is 16.7 Å². The molecule has 2 saturated heterocycles. The van der Waals surface area contributed by atoms with Gasteiger partial charge in [-0.3, -0.25) is 0 Å². The Morgan fingerprint density at radius 2 is 1.19 bits per heavy atom. The molecule has 190 valence electrons. The second kappa shape index (κ2) is 11.6. The molecule has 2 bridgehead atoms. The van der Waals surface area contributed by atoms with Gasteiger partial charge < -0.3 is 33.9 Å². The van der Waals surface area contributed by atoms with Crippen LogP contribution < -0.4 is 0 Å². The minimum absolute atomic E-state index is 0.0915. The summed E-state index contributed by atoms with van der Waals surface area (Å²) in [4.78, 5) is 0. The van der Waals surface area contributed by atoms with E-state index in [1.54, 1.807) is 0 Å². The van der Waals surface area contributed by atoms with Crippen LogP contribution in [-0.4, -0.2) is 59.7 Å². The van der Waals surface area contributed by atoms with Crippen LogP contribution in [0.4, 0.5) is 0 Å². The predicted octanol–water partition coefficient (Wildman–Crippen LogP) is 3.22. The van der Waals surface area contributed by atoms with E-state index in [0.29, 0.717) is 6.61 Å². The Balaban J connectivity index is 1.41. The minimum Gasteiger partial charge on any atom is -0.394 e. The molecular weight excluding hydrogens is 460 g/mol. The number of ether oxygens (including phenoxy) is 5. The van der Waals surface area contributed by atoms with Gasteiger partial charge in [0.25, 0.3) is 0 Å². The highest BCUT2D eigenvalue weighted by molar-refractivity contribution is 5.17. The fourth-order valence-electron chi connectivity index (χ4n) is 4.93. The van der Waals surface area contributed by atoms with Gasteiger partial charge >= 0.3 is 0 Å². The van der Waals surface area contributed by atoms with Gasteiger partial charge in [-0.05, 0) is 16.7 Å². The lowest BCUT2D eigenvalue weighted by atomic mass is 9.87. The van der Waals surface area contributed by atoms with Gasteiger partial charge in [0.1, 0.15) is 24.4 Å². The van der Waals surface area contributed by atoms with E-state index < -0.39 is 36.3 Å². The third-order valence-corrected chi connectivity index (χ3v) is 6.70. The summed E-state index contributed by atoms with van der Waals surface area (Å²) in [5.41, 5.74) is 1.76. The molecule has 7 heteroatoms. The van der Waals surface area contributed by atoms with Crippen LogP contribution in [0.25, 0.3) is 0 Å². The molecule has 7 nitrogen and oxygen atoms in total. The number of benzene rings is 3. The first-order valence-electron chi connectivity index (χ1n) is 12.2. The first kappa shape index (κ1) is 25.0. The van der Waals surface area contributed by atoms with E-state index in [1.165, 1.54) is 0 Å². The number of hydrogen-bond acceptors (Lipinski definition) is 7. The summed E-state index contributed by atoms with van der Waals surface area (Å²) in [7, 11) is 0. The molecule has 0 amide bonds. The summed E-state index contributed by atoms with van der Waals surface area (Å²) < 4.78 is 31.1. The Labute approximate surface area is 211 Å². The van der Waals surface area contributed by atoms with Crippen molar-refractivity contribution >= 4 is 0 Å². The minimum atomic E-state index is -1.19. The number of rotatable bonds is 11. The Morgan fingerprint density at radius 3 is 1.72 bits per heavy atom. The average molecular weight is 493 g/mol. The third-order valence-electron chi connectivity index (χ3n) is 6.70. The summed E-state index contributed by atoms with van der Waals surface area (Å²) >= 11 is 0. The molecule has 2 aliphatic heterocycles. The number of aliphatic hydroxyl groups is 2. The van der Waals surface area contributed by atoms with Crippen molar-refractivity contribution in [3.8, 4) is 0 Å². The van der Waals surface area contributed by atoms with Crippen molar-refractivity contribution in [2.75, 3.05) is 13.2 Å². The van der Waals surface area contributed by atoms with Crippen LogP contribution >= 0.6 is 0 Å². The van der Waals surface area contributed by atoms with Gasteiger partial charge in [-0.1, -0.05) is 91.0 Å². The Bertz CT molecular complexity index is 1060. The number of aliphatic hydroxyl groups excluding tert-OH is 2. The largest absolute Gasteiger partial charge is 0.394 e. The number of fused-ring (bicyclic) bond motifs is 2. The van der Waals surface area contributed by atoms with Crippen molar-refractivity contribution in [2.45, 2.75) is 56.1 Å². The second-order valence-corrected chi connectivity index (χ2v) is 9.20. The number of hydrogen-bond donors (Lipinski definition) is 2. The molecule has 36 heavy (non-hydrogen) atoms. The molecule has 0 radical (unpaired) electrons. The summed E-state index contributed by atoms with van der Waals surface area (Å²) in [6.45, 7) is 0.704. The van der Waals surface area contributed by atoms with Gasteiger partial charge in [0.15, 0.2) is 11.9 Å². The quantitative estimate of drug-likeness (QED) is 0.425. The zero-order valence-corrected chi connectivity index (χ0v) is 20.0. The molecule has 2 aliphatic rings. The molecule has 6 atom stereocenters. The van der Waals surface area contributed by atoms with Crippen LogP contribution in [0.2, 0.25) is 0 Å². The van der Waals surface area contributed by atoms with Crippen molar-refractivity contribution < 1.29 is 33.9 Å². The lowest BCUT2D eigenvalue weighted by Crippen LogP contribution is -2.63. The molecule has 0 aromatic heterocycles. The van der Waals surface area contributed by atoms with Crippen LogP contribution in [0.5, 0.6) is 0 Å². The first-order valence-corrected chi connectivity index (χ1v) is 12.2. The van der Waals surface area contributed by atoms with Gasteiger partial charge in [-0.25, -0.2) is 0 Å². The fourth-order valence-corrected chi connectivity index (χ4v) is 4.93. The van der Waals surface area contributed by atoms with E-state index in [2.05, 4.69) is 0 Å². The summed E-state index contributed by atoms with van der Waals surface area (Å²) in [5.74, 6) is 0. The molecule has 3 aromatic carbocycles. The molecule has 0 saturated carbocycles. The smallest absolute Gasteiger partial charge is 0.187 e. The average Bonchev–Trinajstić information content (AvgIpc) is 3.15. The SMILES string of the molecule is OC[C@@H]1O[C@H]2O[C@@](COCc3ccccc3)([C@@H]1OCc1ccccc1)[C@@H](OCc1ccccc1)[C@@H]2O. The first-order chi connectivity index (χ1) is 17.7. The molecule has 3 aromatic rings. The molecule has 2 fully saturated rings. The van der Waals surface area contributed by atoms with Crippen LogP contribution in [0, 0.1) is 0 Å². The molecule has 5 rings (SSSR count). The summed E-state index contributed by atoms with van der Waals surface area (Å²) in [6, 6.07) is 29.3. The maximum atomic E-state index is 11.2. The van der Waals surface area contributed by atoms with Gasteiger partial charge in [-0.15, -0.1) is 0 Å². The van der Waals surface area contributed by atoms with E-state index in [-0.39, 0.29) is 26.4 Å². The Hall–Kier alpha value is -2.62. The molecule has 2 N–H and O–H groups in total. The third kappa shape index (κ3) is 5.38. The zero-order chi connectivity index (χ0) is 24.8. The van der Waals surface area contributed by atoms with E-state index in [9.17, 15) is 10.2 Å². The van der Waals surface area contributed by atoms with E-state index in [1.807, 2.05) is 91.0 Å². The lowest BCUT2D eigenvalue weighted by molar-refractivity contribution is -0.329. The molecule has 0 unspecified atom stereocenters. The van der Waals surface area contributed by atoms with E-state index >= 15 is 0 Å². The topological polar surface area (TPSA) is 86.6 Å². The molecule has 2 heterocycles.